The van der Waals surface area contributed by atoms with E-state index in [1.165, 1.54) is 39.0 Å². The number of allylic oxidation sites excluding steroid dienone is 4. The Labute approximate surface area is 198 Å². The summed E-state index contributed by atoms with van der Waals surface area (Å²) >= 11 is 1.25. The van der Waals surface area contributed by atoms with Crippen molar-refractivity contribution in [3.63, 3.8) is 0 Å². The van der Waals surface area contributed by atoms with Crippen LogP contribution in [-0.4, -0.2) is 45.0 Å². The summed E-state index contributed by atoms with van der Waals surface area (Å²) in [6, 6.07) is 0. The minimum Gasteiger partial charge on any atom is -0.507 e. The van der Waals surface area contributed by atoms with Gasteiger partial charge in [0.15, 0.2) is 22.5 Å². The monoisotopic (exact) mass is 483 g/mol. The van der Waals surface area contributed by atoms with Crippen LogP contribution in [0.4, 0.5) is 5.13 Å². The fourth-order valence-electron chi connectivity index (χ4n) is 4.11. The predicted octanol–water partition coefficient (Wildman–Crippen LogP) is 2.25. The van der Waals surface area contributed by atoms with Crippen molar-refractivity contribution in [3.8, 4) is 17.2 Å². The molecule has 2 aliphatic rings. The van der Waals surface area contributed by atoms with E-state index in [9.17, 15) is 29.4 Å². The van der Waals surface area contributed by atoms with Gasteiger partial charge in [0, 0.05) is 28.9 Å². The maximum absolute atomic E-state index is 13.7. The highest BCUT2D eigenvalue weighted by Crippen LogP contribution is 2.57. The lowest BCUT2D eigenvalue weighted by atomic mass is 9.70. The van der Waals surface area contributed by atoms with Crippen LogP contribution in [0.5, 0.6) is 17.2 Å². The Hall–Kier alpha value is -3.99. The number of carbonyl (C=O) groups excluding carboxylic acids is 4. The van der Waals surface area contributed by atoms with Gasteiger partial charge in [-0.3, -0.25) is 19.2 Å². The minimum atomic E-state index is -1.61. The topological polar surface area (TPSA) is 155 Å². The number of aromatic nitrogens is 1. The lowest BCUT2D eigenvalue weighted by Gasteiger charge is -2.29. The molecule has 0 saturated carbocycles. The second kappa shape index (κ2) is 8.10. The molecule has 1 atom stereocenters. The van der Waals surface area contributed by atoms with Gasteiger partial charge in [0.05, 0.1) is 17.7 Å². The summed E-state index contributed by atoms with van der Waals surface area (Å²) in [6.07, 6.45) is 2.66. The summed E-state index contributed by atoms with van der Waals surface area (Å²) in [7, 11) is 0. The van der Waals surface area contributed by atoms with Crippen LogP contribution >= 0.6 is 11.3 Å². The molecule has 0 fully saturated rings. The van der Waals surface area contributed by atoms with Crippen molar-refractivity contribution in [1.29, 1.82) is 0 Å². The first-order valence-electron chi connectivity index (χ1n) is 10.2. The number of hydrogen-bond acceptors (Lipinski definition) is 10. The molecule has 4 rings (SSSR count). The highest BCUT2D eigenvalue weighted by atomic mass is 32.1. The number of rotatable bonds is 5. The SMILES string of the molecule is CC(=O)c1c(O)c(C)c(O)c2c1OC1=CC(=O)C(=C(C)NCC(=O)Nc3nccs3)C(=O)C12C. The first-order chi connectivity index (χ1) is 16.0. The summed E-state index contributed by atoms with van der Waals surface area (Å²) in [6.45, 7) is 5.37. The second-order valence-corrected chi connectivity index (χ2v) is 9.02. The smallest absolute Gasteiger partial charge is 0.245 e. The van der Waals surface area contributed by atoms with Crippen LogP contribution in [0.1, 0.15) is 42.3 Å². The summed E-state index contributed by atoms with van der Waals surface area (Å²) in [5.74, 6) is -3.34. The molecule has 2 heterocycles. The van der Waals surface area contributed by atoms with Crippen molar-refractivity contribution < 1.29 is 34.1 Å². The Balaban J connectivity index is 1.74. The zero-order chi connectivity index (χ0) is 24.9. The third-order valence-electron chi connectivity index (χ3n) is 5.95. The highest BCUT2D eigenvalue weighted by Gasteiger charge is 2.56. The van der Waals surface area contributed by atoms with Crippen molar-refractivity contribution >= 4 is 39.7 Å². The Morgan fingerprint density at radius 2 is 1.91 bits per heavy atom. The van der Waals surface area contributed by atoms with Crippen molar-refractivity contribution in [2.75, 3.05) is 11.9 Å². The highest BCUT2D eigenvalue weighted by molar-refractivity contribution is 7.13. The van der Waals surface area contributed by atoms with Crippen LogP contribution in [0, 0.1) is 6.92 Å². The average Bonchev–Trinajstić information content (AvgIpc) is 3.37. The van der Waals surface area contributed by atoms with E-state index in [0.29, 0.717) is 5.13 Å². The van der Waals surface area contributed by atoms with Gasteiger partial charge in [-0.05, 0) is 27.7 Å². The van der Waals surface area contributed by atoms with Gasteiger partial charge in [-0.25, -0.2) is 4.98 Å². The molecule has 4 N–H and O–H groups in total. The van der Waals surface area contributed by atoms with E-state index in [2.05, 4.69) is 15.6 Å². The molecule has 1 aliphatic heterocycles. The van der Waals surface area contributed by atoms with E-state index in [-0.39, 0.29) is 46.0 Å². The molecule has 0 saturated heterocycles. The number of nitrogens with zero attached hydrogens (tertiary/aromatic N) is 1. The number of aromatic hydroxyl groups is 2. The fraction of sp³-hybridized carbons (Fsp3) is 0.261. The largest absolute Gasteiger partial charge is 0.507 e. The molecule has 34 heavy (non-hydrogen) atoms. The van der Waals surface area contributed by atoms with Gasteiger partial charge in [0.1, 0.15) is 34.0 Å². The van der Waals surface area contributed by atoms with Gasteiger partial charge in [-0.1, -0.05) is 0 Å². The van der Waals surface area contributed by atoms with E-state index >= 15 is 0 Å². The molecule has 0 spiro atoms. The van der Waals surface area contributed by atoms with E-state index in [4.69, 9.17) is 4.74 Å². The van der Waals surface area contributed by atoms with Crippen LogP contribution in [0.2, 0.25) is 0 Å². The summed E-state index contributed by atoms with van der Waals surface area (Å²) in [5, 5.41) is 28.7. The van der Waals surface area contributed by atoms with E-state index in [1.54, 1.807) is 11.6 Å². The number of nitrogens with one attached hydrogen (secondary N) is 2. The molecule has 0 bridgehead atoms. The standard InChI is InChI=1S/C23H21N3O7S/c1-9-18(30)16(11(3)27)20-17(19(9)31)23(4)13(33-20)7-12(28)15(21(23)32)10(2)25-8-14(29)26-22-24-5-6-34-22/h5-7,25,30-31H,8H2,1-4H3,(H,24,26,29). The lowest BCUT2D eigenvalue weighted by molar-refractivity contribution is -0.124. The van der Waals surface area contributed by atoms with Crippen molar-refractivity contribution in [2.45, 2.75) is 33.1 Å². The van der Waals surface area contributed by atoms with E-state index in [1.807, 2.05) is 0 Å². The van der Waals surface area contributed by atoms with Crippen LogP contribution in [0.25, 0.3) is 0 Å². The van der Waals surface area contributed by atoms with Gasteiger partial charge in [0.25, 0.3) is 0 Å². The van der Waals surface area contributed by atoms with Crippen LogP contribution in [0.15, 0.2) is 34.7 Å². The molecule has 1 amide bonds. The third kappa shape index (κ3) is 3.36. The van der Waals surface area contributed by atoms with Gasteiger partial charge in [0.2, 0.25) is 5.91 Å². The van der Waals surface area contributed by atoms with Crippen molar-refractivity contribution in [2.24, 2.45) is 0 Å². The van der Waals surface area contributed by atoms with Crippen LogP contribution in [0.3, 0.4) is 0 Å². The Morgan fingerprint density at radius 3 is 2.53 bits per heavy atom. The number of phenols is 2. The Bertz CT molecular complexity index is 1340. The zero-order valence-electron chi connectivity index (χ0n) is 18.7. The molecule has 2 aromatic rings. The maximum Gasteiger partial charge on any atom is 0.245 e. The molecule has 1 unspecified atom stereocenters. The number of fused-ring (bicyclic) bond motifs is 3. The van der Waals surface area contributed by atoms with Gasteiger partial charge < -0.3 is 25.6 Å². The Morgan fingerprint density at radius 1 is 1.21 bits per heavy atom. The number of thiazole rings is 1. The number of ether oxygens (including phenoxy) is 1. The van der Waals surface area contributed by atoms with Crippen molar-refractivity contribution in [1.82, 2.24) is 10.3 Å². The molecular weight excluding hydrogens is 462 g/mol. The normalized spacial score (nSPS) is 20.2. The van der Waals surface area contributed by atoms with Crippen LogP contribution < -0.4 is 15.4 Å². The van der Waals surface area contributed by atoms with Gasteiger partial charge in [-0.2, -0.15) is 0 Å². The van der Waals surface area contributed by atoms with E-state index in [0.717, 1.165) is 6.08 Å². The first kappa shape index (κ1) is 23.2. The number of hydrogen-bond donors (Lipinski definition) is 4. The molecule has 1 aromatic heterocycles. The summed E-state index contributed by atoms with van der Waals surface area (Å²) in [4.78, 5) is 54.9. The molecule has 176 valence electrons. The number of amides is 1. The number of carbonyl (C=O) groups is 4. The molecule has 1 aliphatic carbocycles. The number of anilines is 1. The molecule has 10 nitrogen and oxygen atoms in total. The molecule has 0 radical (unpaired) electrons. The minimum absolute atomic E-state index is 0.00330. The average molecular weight is 484 g/mol. The summed E-state index contributed by atoms with van der Waals surface area (Å²) < 4.78 is 5.71. The number of phenolic OH excluding ortho intramolecular Hbond substituents is 2. The van der Waals surface area contributed by atoms with Gasteiger partial charge in [-0.15, -0.1) is 11.3 Å². The quantitative estimate of drug-likeness (QED) is 0.285. The van der Waals surface area contributed by atoms with E-state index < -0.39 is 40.2 Å². The zero-order valence-corrected chi connectivity index (χ0v) is 19.5. The van der Waals surface area contributed by atoms with Crippen LogP contribution in [-0.2, 0) is 19.8 Å². The Kier molecular flexibility index (Phi) is 5.52. The summed E-state index contributed by atoms with van der Waals surface area (Å²) in [5.41, 5.74) is -1.82. The second-order valence-electron chi connectivity index (χ2n) is 8.13. The van der Waals surface area contributed by atoms with Gasteiger partial charge >= 0.3 is 0 Å². The third-order valence-corrected chi connectivity index (χ3v) is 6.64. The lowest BCUT2D eigenvalue weighted by Crippen LogP contribution is -2.41. The van der Waals surface area contributed by atoms with Crippen molar-refractivity contribution in [3.05, 3.63) is 51.4 Å². The number of benzene rings is 1. The maximum atomic E-state index is 13.7. The number of Topliss-reactive ketones (excluding diaryl/α,β-unsaturated/α-hetero) is 2. The molecular formula is C23H21N3O7S. The molecule has 11 heteroatoms. The predicted molar refractivity (Wildman–Crippen MR) is 122 cm³/mol. The fourth-order valence-corrected chi connectivity index (χ4v) is 4.66. The molecule has 1 aromatic carbocycles. The first-order valence-corrected chi connectivity index (χ1v) is 11.1. The number of ketones is 3.